The molecule has 0 amide bonds. The van der Waals surface area contributed by atoms with E-state index in [0.29, 0.717) is 5.92 Å². The summed E-state index contributed by atoms with van der Waals surface area (Å²) in [6, 6.07) is 115. The van der Waals surface area contributed by atoms with Crippen LogP contribution in [0.4, 0.5) is 0 Å². The van der Waals surface area contributed by atoms with Crippen molar-refractivity contribution in [3.8, 4) is 79.4 Å². The molecule has 0 saturated carbocycles. The van der Waals surface area contributed by atoms with Crippen LogP contribution in [0.1, 0.15) is 79.5 Å². The second-order valence-corrected chi connectivity index (χ2v) is 29.4. The summed E-state index contributed by atoms with van der Waals surface area (Å²) in [7, 11) is 8.62. The second kappa shape index (κ2) is 30.2. The summed E-state index contributed by atoms with van der Waals surface area (Å²) in [4.78, 5) is 0. The predicted octanol–water partition coefficient (Wildman–Crippen LogP) is 22.1. The maximum atomic E-state index is 2.37. The Balaban J connectivity index is 0.000000119. The van der Waals surface area contributed by atoms with Crippen molar-refractivity contribution in [1.29, 1.82) is 0 Å². The first kappa shape index (κ1) is 70.8. The lowest BCUT2D eigenvalue weighted by Gasteiger charge is -2.20. The Bertz CT molecular complexity index is 5990. The van der Waals surface area contributed by atoms with Crippen LogP contribution in [0.15, 0.2) is 322 Å². The Morgan fingerprint density at radius 3 is 0.858 bits per heavy atom. The molecule has 4 aromatic heterocycles. The van der Waals surface area contributed by atoms with E-state index in [1.54, 1.807) is 0 Å². The number of hydrogen-bond donors (Lipinski definition) is 0. The Morgan fingerprint density at radius 2 is 0.547 bits per heavy atom. The van der Waals surface area contributed by atoms with Crippen LogP contribution in [0, 0.1) is 34.6 Å². The minimum atomic E-state index is 0.150. The summed E-state index contributed by atoms with van der Waals surface area (Å²) in [5, 5.41) is 0. The van der Waals surface area contributed by atoms with Crippen LogP contribution in [-0.4, -0.2) is 18.3 Å². The van der Waals surface area contributed by atoms with E-state index in [9.17, 15) is 0 Å². The van der Waals surface area contributed by atoms with Crippen molar-refractivity contribution in [2.75, 3.05) is 0 Å². The topological polar surface area (TPSA) is 35.2 Å². The fourth-order valence-corrected chi connectivity index (χ4v) is 15.3. The zero-order chi connectivity index (χ0) is 73.9. The van der Waals surface area contributed by atoms with Gasteiger partial charge in [-0.2, -0.15) is 18.3 Å². The van der Waals surface area contributed by atoms with E-state index in [1.165, 1.54) is 163 Å². The smallest absolute Gasteiger partial charge is 0.225 e. The van der Waals surface area contributed by atoms with Crippen LogP contribution in [0.5, 0.6) is 0 Å². The first-order chi connectivity index (χ1) is 51.4. The van der Waals surface area contributed by atoms with E-state index < -0.39 is 0 Å². The SMILES string of the molecule is Cc1cc(-c2ccccc2)ccc1-c1n(-c2ccccc2)c2ccccc2[n+]1C.Cc1cc(C(C)(C)C)ccc1-c1n(-c2ccccc2)c2ccccc2[n+]1C.Cc1cc(C(C)C)ccc1-c1n(-c2ccccc2)c2ccccc2[n+]1C.Cc1ccc(-c2n(-c3ccccc3)c3ccccc3[n+]2C)c(C)c1. The molecule has 0 aliphatic heterocycles. The molecule has 8 heteroatoms. The van der Waals surface area contributed by atoms with Crippen molar-refractivity contribution in [2.24, 2.45) is 28.2 Å². The zero-order valence-corrected chi connectivity index (χ0v) is 63.8. The molecule has 0 aliphatic carbocycles. The van der Waals surface area contributed by atoms with Crippen LogP contribution < -0.4 is 18.3 Å². The molecule has 0 N–H and O–H groups in total. The number of para-hydroxylation sites is 12. The van der Waals surface area contributed by atoms with Crippen LogP contribution in [0.2, 0.25) is 0 Å². The van der Waals surface area contributed by atoms with Gasteiger partial charge in [-0.05, 0) is 212 Å². The molecule has 106 heavy (non-hydrogen) atoms. The average Bonchev–Trinajstić information content (AvgIpc) is 1.62. The summed E-state index contributed by atoms with van der Waals surface area (Å²) in [6.45, 7) is 22.3. The standard InChI is InChI=1S/C27H23N2.C25H27N2.C24H25N2.C22H21N2/c1-20-19-22(21-11-5-3-6-12-21)17-18-24(20)27-28(2)25-15-9-10-16-26(25)29(27)23-13-7-4-8-14-23;1-18-17-19(25(2,3)4)15-16-21(18)24-26(5)22-13-9-10-14-23(22)27(24)20-11-7-6-8-12-20;1-17(2)19-14-15-21(18(3)16-19)24-25(4)22-12-8-9-13-23(22)26(24)20-10-6-5-7-11-20;1-16-13-14-19(17(2)15-16)22-23(3)20-11-7-8-12-21(20)24(22)18-9-5-4-6-10-18/h3-19H,1-2H3;6-17H,1-5H3;5-17H,1-4H3;4-15H,1-3H3/q4*+1. The molecule has 4 heterocycles. The van der Waals surface area contributed by atoms with E-state index in [2.05, 4.69) is 455 Å². The monoisotopic (exact) mass is 1380 g/mol. The number of hydrogen-bond acceptors (Lipinski definition) is 0. The van der Waals surface area contributed by atoms with Gasteiger partial charge in [-0.25, -0.2) is 18.3 Å². The first-order valence-electron chi connectivity index (χ1n) is 37.0. The Hall–Kier alpha value is -12.3. The van der Waals surface area contributed by atoms with Gasteiger partial charge < -0.3 is 0 Å². The Kier molecular flexibility index (Phi) is 20.2. The number of aromatic nitrogens is 8. The van der Waals surface area contributed by atoms with Crippen molar-refractivity contribution in [1.82, 2.24) is 18.3 Å². The quantitative estimate of drug-likeness (QED) is 0.122. The molecular formula is C98H96N8+4. The summed E-state index contributed by atoms with van der Waals surface area (Å²) >= 11 is 0. The molecule has 0 atom stereocenters. The van der Waals surface area contributed by atoms with Crippen LogP contribution in [0.3, 0.4) is 0 Å². The van der Waals surface area contributed by atoms with Crippen LogP contribution in [-0.2, 0) is 33.6 Å². The molecule has 17 aromatic rings. The molecule has 0 spiro atoms. The molecule has 0 unspecified atom stereocenters. The number of aryl methyl sites for hydroxylation is 9. The fraction of sp³-hybridized carbons (Fsp3) is 0.163. The van der Waals surface area contributed by atoms with Crippen molar-refractivity contribution < 1.29 is 18.3 Å². The maximum absolute atomic E-state index is 2.37. The number of rotatable bonds is 10. The first-order valence-corrected chi connectivity index (χ1v) is 37.0. The predicted molar refractivity (Wildman–Crippen MR) is 441 cm³/mol. The molecule has 8 nitrogen and oxygen atoms in total. The van der Waals surface area contributed by atoms with Crippen LogP contribution in [0.25, 0.3) is 124 Å². The van der Waals surface area contributed by atoms with E-state index in [-0.39, 0.29) is 5.41 Å². The minimum absolute atomic E-state index is 0.150. The van der Waals surface area contributed by atoms with E-state index >= 15 is 0 Å². The molecule has 0 aliphatic rings. The normalized spacial score (nSPS) is 11.4. The lowest BCUT2D eigenvalue weighted by molar-refractivity contribution is -0.634. The van der Waals surface area contributed by atoms with Gasteiger partial charge in [-0.3, -0.25) is 0 Å². The summed E-state index contributed by atoms with van der Waals surface area (Å²) in [5.74, 6) is 5.36. The maximum Gasteiger partial charge on any atom is 0.295 e. The highest BCUT2D eigenvalue weighted by atomic mass is 15.2. The van der Waals surface area contributed by atoms with Gasteiger partial charge >= 0.3 is 0 Å². The molecule has 13 aromatic carbocycles. The summed E-state index contributed by atoms with van der Waals surface area (Å²) < 4.78 is 18.7. The van der Waals surface area contributed by atoms with Crippen molar-refractivity contribution in [3.05, 3.63) is 360 Å². The third kappa shape index (κ3) is 13.8. The summed E-state index contributed by atoms with van der Waals surface area (Å²) in [5.41, 5.74) is 31.5. The van der Waals surface area contributed by atoms with Gasteiger partial charge in [-0.1, -0.05) is 240 Å². The van der Waals surface area contributed by atoms with E-state index in [0.717, 1.165) is 0 Å². The van der Waals surface area contributed by atoms with Gasteiger partial charge in [0.25, 0.3) is 23.3 Å². The largest absolute Gasteiger partial charge is 0.295 e. The zero-order valence-electron chi connectivity index (χ0n) is 63.8. The third-order valence-corrected chi connectivity index (χ3v) is 20.8. The van der Waals surface area contributed by atoms with Gasteiger partial charge in [0.1, 0.15) is 22.7 Å². The summed E-state index contributed by atoms with van der Waals surface area (Å²) in [6.07, 6.45) is 0. The van der Waals surface area contributed by atoms with Gasteiger partial charge in [0, 0.05) is 0 Å². The van der Waals surface area contributed by atoms with Gasteiger partial charge in [0.05, 0.1) is 50.4 Å². The fourth-order valence-electron chi connectivity index (χ4n) is 15.3. The van der Waals surface area contributed by atoms with Gasteiger partial charge in [0.2, 0.25) is 0 Å². The second-order valence-electron chi connectivity index (χ2n) is 29.4. The number of fused-ring (bicyclic) bond motifs is 4. The lowest BCUT2D eigenvalue weighted by atomic mass is 9.85. The Morgan fingerprint density at radius 1 is 0.264 bits per heavy atom. The highest BCUT2D eigenvalue weighted by molar-refractivity contribution is 5.84. The van der Waals surface area contributed by atoms with Crippen molar-refractivity contribution in [2.45, 2.75) is 80.6 Å². The minimum Gasteiger partial charge on any atom is -0.225 e. The third-order valence-electron chi connectivity index (χ3n) is 20.8. The molecule has 0 radical (unpaired) electrons. The average molecular weight is 1390 g/mol. The Labute approximate surface area is 625 Å². The molecule has 0 fully saturated rings. The molecule has 0 saturated heterocycles. The molecule has 0 bridgehead atoms. The van der Waals surface area contributed by atoms with Crippen molar-refractivity contribution >= 4 is 44.1 Å². The highest BCUT2D eigenvalue weighted by Gasteiger charge is 2.32. The molecular weight excluding hydrogens is 1290 g/mol. The van der Waals surface area contributed by atoms with Gasteiger partial charge in [-0.15, -0.1) is 0 Å². The van der Waals surface area contributed by atoms with Crippen LogP contribution >= 0.6 is 0 Å². The van der Waals surface area contributed by atoms with E-state index in [4.69, 9.17) is 0 Å². The molecule has 17 rings (SSSR count). The van der Waals surface area contributed by atoms with Crippen molar-refractivity contribution in [3.63, 3.8) is 0 Å². The number of imidazole rings is 4. The number of benzene rings is 13. The number of nitrogens with zero attached hydrogens (tertiary/aromatic N) is 8. The highest BCUT2D eigenvalue weighted by Crippen LogP contribution is 2.37. The van der Waals surface area contributed by atoms with Gasteiger partial charge in [0.15, 0.2) is 44.1 Å². The lowest BCUT2D eigenvalue weighted by Crippen LogP contribution is -2.30. The van der Waals surface area contributed by atoms with E-state index in [1.807, 2.05) is 0 Å². The molecule has 524 valence electrons.